The standard InChI is InChI=1S/C31H36N4O6S/c1-2-29(31(37)32-25-15-8-4-9-16-25)33(22-24-13-6-3-7-14-24)30(36)23-34(26-17-12-18-27(21-26)35(38)39)42(40,41)28-19-10-5-11-20-28/h3,5-7,10-14,17-21,25,29H,2,4,8-9,15-16,22-23H2,1H3,(H,32,37)/t29-/m1/s1. The summed E-state index contributed by atoms with van der Waals surface area (Å²) in [5.41, 5.74) is 0.441. The summed E-state index contributed by atoms with van der Waals surface area (Å²) in [6.07, 6.45) is 5.27. The van der Waals surface area contributed by atoms with Crippen LogP contribution in [0.25, 0.3) is 0 Å². The van der Waals surface area contributed by atoms with E-state index in [1.54, 1.807) is 18.2 Å². The van der Waals surface area contributed by atoms with Gasteiger partial charge in [0.1, 0.15) is 12.6 Å². The molecule has 1 fully saturated rings. The Balaban J connectivity index is 1.71. The summed E-state index contributed by atoms with van der Waals surface area (Å²) in [5.74, 6) is -0.878. The maximum Gasteiger partial charge on any atom is 0.271 e. The minimum Gasteiger partial charge on any atom is -0.352 e. The normalized spacial score (nSPS) is 14.5. The van der Waals surface area contributed by atoms with Crippen LogP contribution in [0.4, 0.5) is 11.4 Å². The molecule has 1 atom stereocenters. The van der Waals surface area contributed by atoms with Gasteiger partial charge in [0.15, 0.2) is 0 Å². The molecule has 3 aromatic carbocycles. The van der Waals surface area contributed by atoms with E-state index in [2.05, 4.69) is 5.32 Å². The number of nitro benzene ring substituents is 1. The van der Waals surface area contributed by atoms with Gasteiger partial charge in [-0.1, -0.05) is 80.8 Å². The third kappa shape index (κ3) is 7.52. The Hall–Kier alpha value is -4.25. The van der Waals surface area contributed by atoms with Gasteiger partial charge in [-0.05, 0) is 43.0 Å². The predicted octanol–water partition coefficient (Wildman–Crippen LogP) is 5.05. The molecule has 1 N–H and O–H groups in total. The third-order valence-electron chi connectivity index (χ3n) is 7.47. The molecule has 10 nitrogen and oxygen atoms in total. The maximum absolute atomic E-state index is 14.1. The van der Waals surface area contributed by atoms with E-state index in [9.17, 15) is 28.1 Å². The highest BCUT2D eigenvalue weighted by Crippen LogP contribution is 2.28. The highest BCUT2D eigenvalue weighted by molar-refractivity contribution is 7.92. The number of nitrogens with zero attached hydrogens (tertiary/aromatic N) is 3. The maximum atomic E-state index is 14.1. The fraction of sp³-hybridized carbons (Fsp3) is 0.355. The number of non-ortho nitro benzene ring substituents is 1. The van der Waals surface area contributed by atoms with E-state index in [-0.39, 0.29) is 34.8 Å². The van der Waals surface area contributed by atoms with E-state index in [1.165, 1.54) is 35.2 Å². The molecule has 1 saturated carbocycles. The number of benzene rings is 3. The molecule has 0 bridgehead atoms. The van der Waals surface area contributed by atoms with Gasteiger partial charge < -0.3 is 10.2 Å². The van der Waals surface area contributed by atoms with Gasteiger partial charge in [-0.25, -0.2) is 8.42 Å². The van der Waals surface area contributed by atoms with E-state index in [0.29, 0.717) is 6.42 Å². The molecule has 11 heteroatoms. The molecule has 0 unspecified atom stereocenters. The van der Waals surface area contributed by atoms with Crippen LogP contribution in [0, 0.1) is 10.1 Å². The molecular weight excluding hydrogens is 556 g/mol. The molecule has 0 aromatic heterocycles. The largest absolute Gasteiger partial charge is 0.352 e. The Morgan fingerprint density at radius 3 is 2.21 bits per heavy atom. The molecule has 3 aromatic rings. The first-order valence-corrected chi connectivity index (χ1v) is 15.6. The van der Waals surface area contributed by atoms with Gasteiger partial charge in [0.05, 0.1) is 15.5 Å². The van der Waals surface area contributed by atoms with Gasteiger partial charge in [-0.15, -0.1) is 0 Å². The number of rotatable bonds is 12. The molecule has 0 spiro atoms. The average molecular weight is 593 g/mol. The minimum atomic E-state index is -4.31. The van der Waals surface area contributed by atoms with Crippen LogP contribution in [0.15, 0.2) is 89.8 Å². The molecule has 42 heavy (non-hydrogen) atoms. The first-order chi connectivity index (χ1) is 20.2. The summed E-state index contributed by atoms with van der Waals surface area (Å²) in [4.78, 5) is 39.9. The summed E-state index contributed by atoms with van der Waals surface area (Å²) in [6.45, 7) is 1.25. The van der Waals surface area contributed by atoms with Crippen molar-refractivity contribution < 1.29 is 22.9 Å². The predicted molar refractivity (Wildman–Crippen MR) is 160 cm³/mol. The molecule has 2 amide bonds. The van der Waals surface area contributed by atoms with Gasteiger partial charge in [0.2, 0.25) is 11.8 Å². The van der Waals surface area contributed by atoms with Crippen LogP contribution in [-0.4, -0.2) is 48.7 Å². The number of nitrogens with one attached hydrogen (secondary N) is 1. The SMILES string of the molecule is CC[C@H](C(=O)NC1CCCCC1)N(Cc1ccccc1)C(=O)CN(c1cccc([N+](=O)[O-])c1)S(=O)(=O)c1ccccc1. The Morgan fingerprint density at radius 1 is 0.952 bits per heavy atom. The highest BCUT2D eigenvalue weighted by Gasteiger charge is 2.34. The van der Waals surface area contributed by atoms with Gasteiger partial charge >= 0.3 is 0 Å². The zero-order chi connectivity index (χ0) is 30.1. The van der Waals surface area contributed by atoms with Crippen molar-refractivity contribution in [3.63, 3.8) is 0 Å². The molecule has 0 aliphatic heterocycles. The lowest BCUT2D eigenvalue weighted by molar-refractivity contribution is -0.384. The number of carbonyl (C=O) groups is 2. The summed E-state index contributed by atoms with van der Waals surface area (Å²) in [6, 6.07) is 21.1. The lowest BCUT2D eigenvalue weighted by Gasteiger charge is -2.34. The highest BCUT2D eigenvalue weighted by atomic mass is 32.2. The Kier molecular flexibility index (Phi) is 10.3. The number of sulfonamides is 1. The van der Waals surface area contributed by atoms with E-state index in [0.717, 1.165) is 48.0 Å². The Bertz CT molecular complexity index is 1480. The zero-order valence-electron chi connectivity index (χ0n) is 23.6. The fourth-order valence-electron chi connectivity index (χ4n) is 5.25. The first kappa shape index (κ1) is 30.7. The van der Waals surface area contributed by atoms with Crippen molar-refractivity contribution in [2.75, 3.05) is 10.8 Å². The van der Waals surface area contributed by atoms with Crippen molar-refractivity contribution in [1.29, 1.82) is 0 Å². The van der Waals surface area contributed by atoms with Crippen molar-refractivity contribution in [1.82, 2.24) is 10.2 Å². The van der Waals surface area contributed by atoms with Crippen LogP contribution < -0.4 is 9.62 Å². The second-order valence-electron chi connectivity index (χ2n) is 10.4. The zero-order valence-corrected chi connectivity index (χ0v) is 24.4. The second-order valence-corrected chi connectivity index (χ2v) is 12.2. The average Bonchev–Trinajstić information content (AvgIpc) is 3.01. The quantitative estimate of drug-likeness (QED) is 0.232. The Labute approximate surface area is 246 Å². The van der Waals surface area contributed by atoms with Crippen molar-refractivity contribution >= 4 is 33.2 Å². The van der Waals surface area contributed by atoms with E-state index < -0.39 is 33.4 Å². The van der Waals surface area contributed by atoms with Crippen LogP contribution in [0.1, 0.15) is 51.0 Å². The lowest BCUT2D eigenvalue weighted by Crippen LogP contribution is -2.54. The van der Waals surface area contributed by atoms with Gasteiger partial charge in [-0.2, -0.15) is 0 Å². The van der Waals surface area contributed by atoms with Crippen LogP contribution in [-0.2, 0) is 26.2 Å². The number of hydrogen-bond donors (Lipinski definition) is 1. The number of amides is 2. The van der Waals surface area contributed by atoms with Crippen LogP contribution in [0.2, 0.25) is 0 Å². The number of hydrogen-bond acceptors (Lipinski definition) is 6. The molecule has 1 aliphatic carbocycles. The number of carbonyl (C=O) groups excluding carboxylic acids is 2. The van der Waals surface area contributed by atoms with E-state index in [4.69, 9.17) is 0 Å². The Morgan fingerprint density at radius 2 is 1.60 bits per heavy atom. The van der Waals surface area contributed by atoms with Gasteiger partial charge in [0, 0.05) is 24.7 Å². The molecule has 0 heterocycles. The molecule has 0 saturated heterocycles. The monoisotopic (exact) mass is 592 g/mol. The first-order valence-electron chi connectivity index (χ1n) is 14.2. The summed E-state index contributed by atoms with van der Waals surface area (Å²) in [5, 5.41) is 14.6. The second kappa shape index (κ2) is 14.1. The molecular formula is C31H36N4O6S. The van der Waals surface area contributed by atoms with Crippen LogP contribution >= 0.6 is 0 Å². The third-order valence-corrected chi connectivity index (χ3v) is 9.26. The van der Waals surface area contributed by atoms with E-state index in [1.807, 2.05) is 37.3 Å². The summed E-state index contributed by atoms with van der Waals surface area (Å²) < 4.78 is 28.6. The van der Waals surface area contributed by atoms with Crippen LogP contribution in [0.5, 0.6) is 0 Å². The van der Waals surface area contributed by atoms with Crippen LogP contribution in [0.3, 0.4) is 0 Å². The molecule has 222 valence electrons. The fourth-order valence-corrected chi connectivity index (χ4v) is 6.68. The van der Waals surface area contributed by atoms with Gasteiger partial charge in [-0.3, -0.25) is 24.0 Å². The summed E-state index contributed by atoms with van der Waals surface area (Å²) >= 11 is 0. The molecule has 4 rings (SSSR count). The minimum absolute atomic E-state index is 0.0271. The van der Waals surface area contributed by atoms with Crippen molar-refractivity contribution in [3.8, 4) is 0 Å². The topological polar surface area (TPSA) is 130 Å². The lowest BCUT2D eigenvalue weighted by atomic mass is 9.95. The smallest absolute Gasteiger partial charge is 0.271 e. The van der Waals surface area contributed by atoms with Crippen molar-refractivity contribution in [3.05, 3.63) is 101 Å². The number of anilines is 1. The van der Waals surface area contributed by atoms with Crippen molar-refractivity contribution in [2.45, 2.75) is 69.0 Å². The molecule has 1 aliphatic rings. The van der Waals surface area contributed by atoms with Gasteiger partial charge in [0.25, 0.3) is 15.7 Å². The van der Waals surface area contributed by atoms with E-state index >= 15 is 0 Å². The number of nitro groups is 1. The summed E-state index contributed by atoms with van der Waals surface area (Å²) in [7, 11) is -4.31. The van der Waals surface area contributed by atoms with Crippen molar-refractivity contribution in [2.24, 2.45) is 0 Å². The molecule has 0 radical (unpaired) electrons.